The van der Waals surface area contributed by atoms with Crippen molar-refractivity contribution >= 4 is 21.6 Å². The number of alkyl halides is 1. The second kappa shape index (κ2) is 2.65. The highest BCUT2D eigenvalue weighted by Crippen LogP contribution is 2.30. The molecule has 1 aliphatic rings. The lowest BCUT2D eigenvalue weighted by Gasteiger charge is -2.21. The van der Waals surface area contributed by atoms with Gasteiger partial charge in [0.1, 0.15) is 0 Å². The average molecular weight is 204 g/mol. The third-order valence-electron chi connectivity index (χ3n) is 1.95. The first-order valence-corrected chi connectivity index (χ1v) is 4.51. The number of hydrogen-bond donors (Lipinski definition) is 0. The van der Waals surface area contributed by atoms with Gasteiger partial charge in [0.05, 0.1) is 6.04 Å². The van der Waals surface area contributed by atoms with Crippen LogP contribution in [0.15, 0.2) is 4.99 Å². The van der Waals surface area contributed by atoms with Gasteiger partial charge >= 0.3 is 0 Å². The second-order valence-electron chi connectivity index (χ2n) is 3.48. The van der Waals surface area contributed by atoms with E-state index < -0.39 is 0 Å². The van der Waals surface area contributed by atoms with Crippen molar-refractivity contribution in [2.75, 3.05) is 0 Å². The molecular weight excluding hydrogens is 190 g/mol. The van der Waals surface area contributed by atoms with E-state index in [2.05, 4.69) is 41.7 Å². The van der Waals surface area contributed by atoms with Crippen molar-refractivity contribution in [1.82, 2.24) is 0 Å². The van der Waals surface area contributed by atoms with Crippen molar-refractivity contribution in [2.24, 2.45) is 4.99 Å². The van der Waals surface area contributed by atoms with Crippen molar-refractivity contribution in [2.45, 2.75) is 44.0 Å². The van der Waals surface area contributed by atoms with Gasteiger partial charge in [-0.3, -0.25) is 4.99 Å². The fourth-order valence-electron chi connectivity index (χ4n) is 1.24. The van der Waals surface area contributed by atoms with Gasteiger partial charge in [-0.2, -0.15) is 0 Å². The summed E-state index contributed by atoms with van der Waals surface area (Å²) < 4.78 is 0.185. The van der Waals surface area contributed by atoms with Gasteiger partial charge in [0, 0.05) is 10.0 Å². The minimum absolute atomic E-state index is 0.185. The van der Waals surface area contributed by atoms with Gasteiger partial charge in [0.2, 0.25) is 0 Å². The number of hydrogen-bond acceptors (Lipinski definition) is 1. The maximum absolute atomic E-state index is 4.53. The predicted molar refractivity (Wildman–Crippen MR) is 49.1 cm³/mol. The van der Waals surface area contributed by atoms with Crippen LogP contribution in [-0.2, 0) is 0 Å². The van der Waals surface area contributed by atoms with Crippen molar-refractivity contribution in [3.05, 3.63) is 0 Å². The van der Waals surface area contributed by atoms with Gasteiger partial charge in [-0.1, -0.05) is 15.9 Å². The lowest BCUT2D eigenvalue weighted by Crippen LogP contribution is -2.25. The van der Waals surface area contributed by atoms with Crippen LogP contribution in [0.1, 0.15) is 33.6 Å². The van der Waals surface area contributed by atoms with Crippen LogP contribution >= 0.6 is 15.9 Å². The van der Waals surface area contributed by atoms with Crippen molar-refractivity contribution in [3.63, 3.8) is 0 Å². The Morgan fingerprint density at radius 1 is 1.60 bits per heavy atom. The Labute approximate surface area is 71.1 Å². The molecule has 0 saturated carbocycles. The second-order valence-corrected chi connectivity index (χ2v) is 5.53. The van der Waals surface area contributed by atoms with Crippen LogP contribution in [0.3, 0.4) is 0 Å². The Kier molecular flexibility index (Phi) is 2.18. The largest absolute Gasteiger partial charge is 0.290 e. The predicted octanol–water partition coefficient (Wildman–Crippen LogP) is 2.78. The number of rotatable bonds is 1. The fourth-order valence-corrected chi connectivity index (χ4v) is 1.57. The third-order valence-corrected chi connectivity index (χ3v) is 2.48. The summed E-state index contributed by atoms with van der Waals surface area (Å²) in [5, 5.41) is 0. The molecule has 0 amide bonds. The van der Waals surface area contributed by atoms with E-state index in [0.717, 1.165) is 0 Å². The van der Waals surface area contributed by atoms with Gasteiger partial charge < -0.3 is 0 Å². The van der Waals surface area contributed by atoms with Gasteiger partial charge in [-0.25, -0.2) is 0 Å². The highest BCUT2D eigenvalue weighted by Gasteiger charge is 2.28. The fraction of sp³-hybridized carbons (Fsp3) is 0.875. The van der Waals surface area contributed by atoms with Crippen LogP contribution in [0.4, 0.5) is 0 Å². The molecule has 0 aliphatic carbocycles. The Balaban J connectivity index is 2.61. The molecule has 1 aliphatic heterocycles. The zero-order chi connectivity index (χ0) is 7.78. The molecule has 0 aromatic rings. The monoisotopic (exact) mass is 203 g/mol. The quantitative estimate of drug-likeness (QED) is 0.582. The lowest BCUT2D eigenvalue weighted by molar-refractivity contribution is 0.548. The summed E-state index contributed by atoms with van der Waals surface area (Å²) in [4.78, 5) is 4.53. The zero-order valence-electron chi connectivity index (χ0n) is 6.82. The molecule has 0 saturated heterocycles. The van der Waals surface area contributed by atoms with E-state index in [1.165, 1.54) is 18.6 Å². The molecule has 1 heterocycles. The van der Waals surface area contributed by atoms with Crippen LogP contribution < -0.4 is 0 Å². The van der Waals surface area contributed by atoms with E-state index in [1.807, 2.05) is 0 Å². The van der Waals surface area contributed by atoms with Gasteiger partial charge in [0.15, 0.2) is 0 Å². The zero-order valence-corrected chi connectivity index (χ0v) is 8.40. The maximum atomic E-state index is 4.53. The van der Waals surface area contributed by atoms with Crippen LogP contribution in [0.25, 0.3) is 0 Å². The minimum Gasteiger partial charge on any atom is -0.290 e. The molecule has 0 aromatic heterocycles. The van der Waals surface area contributed by atoms with Crippen LogP contribution in [0.5, 0.6) is 0 Å². The van der Waals surface area contributed by atoms with E-state index in [9.17, 15) is 0 Å². The van der Waals surface area contributed by atoms with E-state index in [1.54, 1.807) is 0 Å². The Morgan fingerprint density at radius 3 is 2.40 bits per heavy atom. The van der Waals surface area contributed by atoms with Gasteiger partial charge in [-0.05, 0) is 33.6 Å². The molecular formula is C8H14BrN. The standard InChI is InChI=1S/C8H14BrN/c1-6-4-5-7(10-6)8(2,3)9/h7H,4-5H2,1-3H3. The molecule has 1 nitrogen and oxygen atoms in total. The van der Waals surface area contributed by atoms with Crippen LogP contribution in [0.2, 0.25) is 0 Å². The summed E-state index contributed by atoms with van der Waals surface area (Å²) in [5.74, 6) is 0. The summed E-state index contributed by atoms with van der Waals surface area (Å²) in [6.07, 6.45) is 2.39. The maximum Gasteiger partial charge on any atom is 0.0650 e. The number of nitrogens with zero attached hydrogens (tertiary/aromatic N) is 1. The van der Waals surface area contributed by atoms with Gasteiger partial charge in [-0.15, -0.1) is 0 Å². The molecule has 0 aromatic carbocycles. The van der Waals surface area contributed by atoms with Crippen LogP contribution in [0, 0.1) is 0 Å². The summed E-state index contributed by atoms with van der Waals surface area (Å²) >= 11 is 3.63. The first-order chi connectivity index (χ1) is 4.50. The Bertz CT molecular complexity index is 155. The highest BCUT2D eigenvalue weighted by atomic mass is 79.9. The summed E-state index contributed by atoms with van der Waals surface area (Å²) in [5.41, 5.74) is 1.30. The highest BCUT2D eigenvalue weighted by molar-refractivity contribution is 9.10. The molecule has 58 valence electrons. The molecule has 0 fully saturated rings. The molecule has 0 bridgehead atoms. The van der Waals surface area contributed by atoms with Crippen molar-refractivity contribution in [1.29, 1.82) is 0 Å². The Hall–Kier alpha value is 0.150. The molecule has 1 rings (SSSR count). The Morgan fingerprint density at radius 2 is 2.20 bits per heavy atom. The average Bonchev–Trinajstić information content (AvgIpc) is 2.11. The van der Waals surface area contributed by atoms with E-state index in [-0.39, 0.29) is 4.32 Å². The smallest absolute Gasteiger partial charge is 0.0650 e. The van der Waals surface area contributed by atoms with E-state index >= 15 is 0 Å². The SMILES string of the molecule is CC1=NC(C(C)(C)Br)CC1. The molecule has 0 spiro atoms. The summed E-state index contributed by atoms with van der Waals surface area (Å²) in [7, 11) is 0. The lowest BCUT2D eigenvalue weighted by atomic mass is 10.0. The number of halogens is 1. The molecule has 1 atom stereocenters. The molecule has 0 radical (unpaired) electrons. The minimum atomic E-state index is 0.185. The van der Waals surface area contributed by atoms with Crippen LogP contribution in [-0.4, -0.2) is 16.1 Å². The molecule has 2 heteroatoms. The molecule has 10 heavy (non-hydrogen) atoms. The normalized spacial score (nSPS) is 26.8. The summed E-state index contributed by atoms with van der Waals surface area (Å²) in [6, 6.07) is 0.493. The molecule has 1 unspecified atom stereocenters. The first-order valence-electron chi connectivity index (χ1n) is 3.72. The van der Waals surface area contributed by atoms with E-state index in [0.29, 0.717) is 6.04 Å². The van der Waals surface area contributed by atoms with Crippen molar-refractivity contribution in [3.8, 4) is 0 Å². The van der Waals surface area contributed by atoms with E-state index in [4.69, 9.17) is 0 Å². The number of aliphatic imine (C=N–C) groups is 1. The topological polar surface area (TPSA) is 12.4 Å². The van der Waals surface area contributed by atoms with Crippen molar-refractivity contribution < 1.29 is 0 Å². The molecule has 0 N–H and O–H groups in total. The first kappa shape index (κ1) is 8.25. The summed E-state index contributed by atoms with van der Waals surface area (Å²) in [6.45, 7) is 6.47. The third kappa shape index (κ3) is 1.82. The van der Waals surface area contributed by atoms with Gasteiger partial charge in [0.25, 0.3) is 0 Å².